The van der Waals surface area contributed by atoms with Crippen molar-refractivity contribution in [3.05, 3.63) is 28.3 Å². The SMILES string of the molecule is COCC#Cc1cc(C(=O)OC)cc(Cl)c1N. The van der Waals surface area contributed by atoms with Gasteiger partial charge in [0, 0.05) is 12.7 Å². The molecule has 5 heteroatoms. The maximum Gasteiger partial charge on any atom is 0.337 e. The number of carbonyl (C=O) groups is 1. The minimum Gasteiger partial charge on any atom is -0.465 e. The molecule has 0 aromatic heterocycles. The van der Waals surface area contributed by atoms with E-state index in [1.165, 1.54) is 26.4 Å². The van der Waals surface area contributed by atoms with E-state index in [0.29, 0.717) is 16.8 Å². The van der Waals surface area contributed by atoms with Gasteiger partial charge in [0.05, 0.1) is 23.4 Å². The summed E-state index contributed by atoms with van der Waals surface area (Å²) in [4.78, 5) is 11.4. The number of methoxy groups -OCH3 is 2. The van der Waals surface area contributed by atoms with E-state index in [1.807, 2.05) is 0 Å². The molecule has 0 radical (unpaired) electrons. The van der Waals surface area contributed by atoms with Crippen molar-refractivity contribution < 1.29 is 14.3 Å². The topological polar surface area (TPSA) is 61.5 Å². The van der Waals surface area contributed by atoms with Crippen molar-refractivity contribution in [2.24, 2.45) is 0 Å². The first-order valence-electron chi connectivity index (χ1n) is 4.75. The highest BCUT2D eigenvalue weighted by atomic mass is 35.5. The monoisotopic (exact) mass is 253 g/mol. The van der Waals surface area contributed by atoms with E-state index in [-0.39, 0.29) is 11.6 Å². The molecule has 4 nitrogen and oxygen atoms in total. The second-order valence-electron chi connectivity index (χ2n) is 3.15. The van der Waals surface area contributed by atoms with Crippen molar-refractivity contribution >= 4 is 23.3 Å². The van der Waals surface area contributed by atoms with Gasteiger partial charge in [-0.2, -0.15) is 0 Å². The van der Waals surface area contributed by atoms with Crippen LogP contribution in [-0.4, -0.2) is 26.8 Å². The highest BCUT2D eigenvalue weighted by Gasteiger charge is 2.11. The molecule has 90 valence electrons. The molecule has 0 fully saturated rings. The summed E-state index contributed by atoms with van der Waals surface area (Å²) >= 11 is 5.90. The first-order chi connectivity index (χ1) is 8.10. The van der Waals surface area contributed by atoms with Crippen LogP contribution < -0.4 is 5.73 Å². The number of ether oxygens (including phenoxy) is 2. The maximum absolute atomic E-state index is 11.4. The first kappa shape index (κ1) is 13.4. The standard InChI is InChI=1S/C12H12ClNO3/c1-16-5-3-4-8-6-9(12(15)17-2)7-10(13)11(8)14/h6-7H,5,14H2,1-2H3. The molecule has 0 aliphatic heterocycles. The summed E-state index contributed by atoms with van der Waals surface area (Å²) in [5, 5.41) is 0.273. The van der Waals surface area contributed by atoms with Crippen molar-refractivity contribution in [1.29, 1.82) is 0 Å². The summed E-state index contributed by atoms with van der Waals surface area (Å²) in [6.07, 6.45) is 0. The van der Waals surface area contributed by atoms with Crippen LogP contribution in [0.15, 0.2) is 12.1 Å². The average molecular weight is 254 g/mol. The first-order valence-corrected chi connectivity index (χ1v) is 5.13. The predicted octanol–water partition coefficient (Wildman–Crippen LogP) is 1.71. The van der Waals surface area contributed by atoms with Crippen LogP contribution in [0.2, 0.25) is 5.02 Å². The fourth-order valence-corrected chi connectivity index (χ4v) is 1.38. The van der Waals surface area contributed by atoms with Crippen molar-refractivity contribution in [1.82, 2.24) is 0 Å². The number of benzene rings is 1. The Morgan fingerprint density at radius 1 is 1.47 bits per heavy atom. The number of esters is 1. The Labute approximate surface area is 105 Å². The van der Waals surface area contributed by atoms with E-state index in [2.05, 4.69) is 16.6 Å². The lowest BCUT2D eigenvalue weighted by Gasteiger charge is -2.05. The maximum atomic E-state index is 11.4. The Morgan fingerprint density at radius 3 is 2.76 bits per heavy atom. The summed E-state index contributed by atoms with van der Waals surface area (Å²) in [5.41, 5.74) is 6.88. The molecule has 0 spiro atoms. The largest absolute Gasteiger partial charge is 0.465 e. The number of anilines is 1. The summed E-state index contributed by atoms with van der Waals surface area (Å²) in [6.45, 7) is 0.277. The number of hydrogen-bond acceptors (Lipinski definition) is 4. The van der Waals surface area contributed by atoms with Crippen LogP contribution in [0.5, 0.6) is 0 Å². The Morgan fingerprint density at radius 2 is 2.18 bits per heavy atom. The minimum absolute atomic E-state index is 0.273. The van der Waals surface area contributed by atoms with Gasteiger partial charge in [-0.15, -0.1) is 0 Å². The van der Waals surface area contributed by atoms with E-state index in [4.69, 9.17) is 22.1 Å². The van der Waals surface area contributed by atoms with E-state index in [1.54, 1.807) is 0 Å². The van der Waals surface area contributed by atoms with Crippen LogP contribution in [0.4, 0.5) is 5.69 Å². The molecule has 0 bridgehead atoms. The summed E-state index contributed by atoms with van der Waals surface area (Å²) < 4.78 is 9.39. The van der Waals surface area contributed by atoms with Gasteiger partial charge in [0.15, 0.2) is 0 Å². The highest BCUT2D eigenvalue weighted by molar-refractivity contribution is 6.33. The number of carbonyl (C=O) groups excluding carboxylic acids is 1. The highest BCUT2D eigenvalue weighted by Crippen LogP contribution is 2.24. The van der Waals surface area contributed by atoms with E-state index in [9.17, 15) is 4.79 Å². The van der Waals surface area contributed by atoms with Gasteiger partial charge in [-0.25, -0.2) is 4.79 Å². The van der Waals surface area contributed by atoms with Crippen molar-refractivity contribution in [3.8, 4) is 11.8 Å². The van der Waals surface area contributed by atoms with E-state index in [0.717, 1.165) is 0 Å². The molecule has 0 unspecified atom stereocenters. The Kier molecular flexibility index (Phi) is 4.83. The van der Waals surface area contributed by atoms with Gasteiger partial charge in [-0.3, -0.25) is 0 Å². The summed E-state index contributed by atoms with van der Waals surface area (Å²) in [6, 6.07) is 2.99. The molecular weight excluding hydrogens is 242 g/mol. The second-order valence-corrected chi connectivity index (χ2v) is 3.55. The lowest BCUT2D eigenvalue weighted by atomic mass is 10.1. The minimum atomic E-state index is -0.485. The van der Waals surface area contributed by atoms with Crippen LogP contribution in [0.25, 0.3) is 0 Å². The molecule has 0 saturated carbocycles. The van der Waals surface area contributed by atoms with Crippen molar-refractivity contribution in [2.45, 2.75) is 0 Å². The Balaban J connectivity index is 3.17. The molecule has 1 aromatic rings. The molecule has 0 amide bonds. The van der Waals surface area contributed by atoms with Crippen molar-refractivity contribution in [3.63, 3.8) is 0 Å². The molecule has 0 atom stereocenters. The fourth-order valence-electron chi connectivity index (χ4n) is 1.16. The van der Waals surface area contributed by atoms with E-state index >= 15 is 0 Å². The smallest absolute Gasteiger partial charge is 0.337 e. The molecule has 2 N–H and O–H groups in total. The molecule has 0 saturated heterocycles. The van der Waals surface area contributed by atoms with Crippen LogP contribution >= 0.6 is 11.6 Å². The predicted molar refractivity (Wildman–Crippen MR) is 66.0 cm³/mol. The zero-order valence-corrected chi connectivity index (χ0v) is 10.3. The molecule has 1 rings (SSSR count). The van der Waals surface area contributed by atoms with Crippen LogP contribution in [0, 0.1) is 11.8 Å². The zero-order chi connectivity index (χ0) is 12.8. The average Bonchev–Trinajstić information content (AvgIpc) is 2.33. The molecular formula is C12H12ClNO3. The molecule has 0 aliphatic rings. The molecule has 0 aliphatic carbocycles. The van der Waals surface area contributed by atoms with Crippen LogP contribution in [-0.2, 0) is 9.47 Å². The second kappa shape index (κ2) is 6.14. The number of rotatable bonds is 2. The van der Waals surface area contributed by atoms with Gasteiger partial charge >= 0.3 is 5.97 Å². The molecule has 1 aromatic carbocycles. The quantitative estimate of drug-likeness (QED) is 0.495. The lowest BCUT2D eigenvalue weighted by Crippen LogP contribution is -2.03. The van der Waals surface area contributed by atoms with Crippen LogP contribution in [0.1, 0.15) is 15.9 Å². The Hall–Kier alpha value is -1.70. The Bertz CT molecular complexity index is 489. The van der Waals surface area contributed by atoms with E-state index < -0.39 is 5.97 Å². The van der Waals surface area contributed by atoms with Gasteiger partial charge < -0.3 is 15.2 Å². The number of halogens is 1. The third-order valence-electron chi connectivity index (χ3n) is 1.99. The molecule has 17 heavy (non-hydrogen) atoms. The number of hydrogen-bond donors (Lipinski definition) is 1. The normalized spacial score (nSPS) is 9.35. The van der Waals surface area contributed by atoms with Gasteiger partial charge in [-0.1, -0.05) is 23.4 Å². The summed E-state index contributed by atoms with van der Waals surface area (Å²) in [5.74, 6) is 5.04. The third-order valence-corrected chi connectivity index (χ3v) is 2.30. The number of nitrogens with two attached hydrogens (primary N) is 1. The van der Waals surface area contributed by atoms with Gasteiger partial charge in [-0.05, 0) is 12.1 Å². The van der Waals surface area contributed by atoms with Gasteiger partial charge in [0.1, 0.15) is 6.61 Å². The fraction of sp³-hybridized carbons (Fsp3) is 0.250. The zero-order valence-electron chi connectivity index (χ0n) is 9.54. The lowest BCUT2D eigenvalue weighted by molar-refractivity contribution is 0.0600. The van der Waals surface area contributed by atoms with Crippen molar-refractivity contribution in [2.75, 3.05) is 26.6 Å². The van der Waals surface area contributed by atoms with Gasteiger partial charge in [0.25, 0.3) is 0 Å². The molecule has 0 heterocycles. The summed E-state index contributed by atoms with van der Waals surface area (Å²) in [7, 11) is 2.83. The third kappa shape index (κ3) is 3.38. The van der Waals surface area contributed by atoms with Gasteiger partial charge in [0.2, 0.25) is 0 Å². The number of nitrogen functional groups attached to an aromatic ring is 1. The van der Waals surface area contributed by atoms with Crippen LogP contribution in [0.3, 0.4) is 0 Å².